The molecule has 0 aliphatic carbocycles. The molecule has 2 rings (SSSR count). The molecule has 0 aliphatic rings. The van der Waals surface area contributed by atoms with Crippen LogP contribution in [-0.4, -0.2) is 0 Å². The number of benzene rings is 2. The Bertz CT molecular complexity index is 509. The number of nitrogen functional groups attached to an aromatic ring is 1. The molecule has 0 aliphatic heterocycles. The molecule has 0 amide bonds. The van der Waals surface area contributed by atoms with Gasteiger partial charge in [0.15, 0.2) is 0 Å². The molecule has 3 N–H and O–H groups in total. The summed E-state index contributed by atoms with van der Waals surface area (Å²) in [6.07, 6.45) is 0. The van der Waals surface area contributed by atoms with E-state index in [4.69, 9.17) is 5.73 Å². The Morgan fingerprint density at radius 2 is 1.71 bits per heavy atom. The molecule has 0 heterocycles. The monoisotopic (exact) mass is 234 g/mol. The summed E-state index contributed by atoms with van der Waals surface area (Å²) >= 11 is 0. The second-order valence-electron chi connectivity index (χ2n) is 3.71. The maximum absolute atomic E-state index is 13.3. The minimum absolute atomic E-state index is 0.230. The molecule has 0 atom stereocenters. The van der Waals surface area contributed by atoms with Gasteiger partial charge in [0, 0.05) is 23.5 Å². The van der Waals surface area contributed by atoms with Gasteiger partial charge < -0.3 is 11.1 Å². The van der Waals surface area contributed by atoms with Crippen molar-refractivity contribution in [3.05, 3.63) is 59.7 Å². The maximum atomic E-state index is 13.3. The Hall–Kier alpha value is -2.10. The molecule has 0 aromatic heterocycles. The number of hydrogen-bond acceptors (Lipinski definition) is 2. The fourth-order valence-electron chi connectivity index (χ4n) is 1.48. The molecule has 2 nitrogen and oxygen atoms in total. The van der Waals surface area contributed by atoms with Gasteiger partial charge in [0.1, 0.15) is 11.6 Å². The van der Waals surface area contributed by atoms with Crippen LogP contribution in [-0.2, 0) is 6.54 Å². The molecule has 0 spiro atoms. The predicted molar refractivity (Wildman–Crippen MR) is 64.5 cm³/mol. The SMILES string of the molecule is Nc1ccc(NCc2cc(F)ccc2F)cc1. The second-order valence-corrected chi connectivity index (χ2v) is 3.71. The summed E-state index contributed by atoms with van der Waals surface area (Å²) in [5.41, 5.74) is 7.30. The van der Waals surface area contributed by atoms with Gasteiger partial charge in [-0.15, -0.1) is 0 Å². The normalized spacial score (nSPS) is 10.2. The van der Waals surface area contributed by atoms with E-state index < -0.39 is 11.6 Å². The summed E-state index contributed by atoms with van der Waals surface area (Å²) in [6.45, 7) is 0.230. The highest BCUT2D eigenvalue weighted by Gasteiger charge is 2.03. The van der Waals surface area contributed by atoms with E-state index >= 15 is 0 Å². The van der Waals surface area contributed by atoms with Gasteiger partial charge in [-0.2, -0.15) is 0 Å². The zero-order valence-corrected chi connectivity index (χ0v) is 9.08. The molecule has 0 unspecified atom stereocenters. The largest absolute Gasteiger partial charge is 0.399 e. The molecular weight excluding hydrogens is 222 g/mol. The Labute approximate surface area is 98.1 Å². The summed E-state index contributed by atoms with van der Waals surface area (Å²) < 4.78 is 26.2. The van der Waals surface area contributed by atoms with Gasteiger partial charge >= 0.3 is 0 Å². The first kappa shape index (κ1) is 11.4. The van der Waals surface area contributed by atoms with Crippen LogP contribution in [0.4, 0.5) is 20.2 Å². The predicted octanol–water partition coefficient (Wildman–Crippen LogP) is 3.16. The highest BCUT2D eigenvalue weighted by molar-refractivity contribution is 5.51. The van der Waals surface area contributed by atoms with E-state index in [-0.39, 0.29) is 6.54 Å². The fraction of sp³-hybridized carbons (Fsp3) is 0.0769. The van der Waals surface area contributed by atoms with Crippen LogP contribution in [0, 0.1) is 11.6 Å². The maximum Gasteiger partial charge on any atom is 0.128 e. The van der Waals surface area contributed by atoms with E-state index in [1.165, 1.54) is 6.07 Å². The third kappa shape index (κ3) is 2.93. The summed E-state index contributed by atoms with van der Waals surface area (Å²) in [7, 11) is 0. The quantitative estimate of drug-likeness (QED) is 0.800. The molecule has 2 aromatic rings. The van der Waals surface area contributed by atoms with E-state index in [1.807, 2.05) is 0 Å². The van der Waals surface area contributed by atoms with Crippen LogP contribution in [0.3, 0.4) is 0 Å². The lowest BCUT2D eigenvalue weighted by Gasteiger charge is -2.07. The lowest BCUT2D eigenvalue weighted by Crippen LogP contribution is -2.02. The Kier molecular flexibility index (Phi) is 3.23. The Balaban J connectivity index is 2.07. The van der Waals surface area contributed by atoms with Crippen molar-refractivity contribution in [1.29, 1.82) is 0 Å². The van der Waals surface area contributed by atoms with Crippen LogP contribution < -0.4 is 11.1 Å². The van der Waals surface area contributed by atoms with E-state index in [0.29, 0.717) is 11.3 Å². The highest BCUT2D eigenvalue weighted by atomic mass is 19.1. The Morgan fingerprint density at radius 3 is 2.41 bits per heavy atom. The minimum Gasteiger partial charge on any atom is -0.399 e. The molecule has 0 fully saturated rings. The van der Waals surface area contributed by atoms with Crippen LogP contribution >= 0.6 is 0 Å². The molecule has 4 heteroatoms. The number of nitrogens with two attached hydrogens (primary N) is 1. The summed E-state index contributed by atoms with van der Waals surface area (Å²) in [5, 5.41) is 2.99. The van der Waals surface area contributed by atoms with Gasteiger partial charge in [0.2, 0.25) is 0 Å². The number of rotatable bonds is 3. The third-order valence-electron chi connectivity index (χ3n) is 2.40. The third-order valence-corrected chi connectivity index (χ3v) is 2.40. The van der Waals surface area contributed by atoms with Crippen molar-refractivity contribution in [1.82, 2.24) is 0 Å². The number of halogens is 2. The van der Waals surface area contributed by atoms with Crippen molar-refractivity contribution in [2.24, 2.45) is 0 Å². The van der Waals surface area contributed by atoms with Crippen LogP contribution in [0.15, 0.2) is 42.5 Å². The van der Waals surface area contributed by atoms with Crippen molar-refractivity contribution in [3.63, 3.8) is 0 Å². The van der Waals surface area contributed by atoms with Crippen molar-refractivity contribution >= 4 is 11.4 Å². The first-order valence-electron chi connectivity index (χ1n) is 5.18. The highest BCUT2D eigenvalue weighted by Crippen LogP contribution is 2.14. The lowest BCUT2D eigenvalue weighted by atomic mass is 10.2. The van der Waals surface area contributed by atoms with Crippen LogP contribution in [0.5, 0.6) is 0 Å². The van der Waals surface area contributed by atoms with Gasteiger partial charge in [-0.25, -0.2) is 8.78 Å². The van der Waals surface area contributed by atoms with Crippen molar-refractivity contribution in [2.75, 3.05) is 11.1 Å². The van der Waals surface area contributed by atoms with Gasteiger partial charge in [-0.05, 0) is 42.5 Å². The topological polar surface area (TPSA) is 38.0 Å². The summed E-state index contributed by atoms with van der Waals surface area (Å²) in [5.74, 6) is -0.866. The molecule has 2 aromatic carbocycles. The standard InChI is InChI=1S/C13H12F2N2/c14-10-1-6-13(15)9(7-10)8-17-12-4-2-11(16)3-5-12/h1-7,17H,8,16H2. The zero-order valence-electron chi connectivity index (χ0n) is 9.08. The van der Waals surface area contributed by atoms with Gasteiger partial charge in [-0.3, -0.25) is 0 Å². The molecule has 17 heavy (non-hydrogen) atoms. The van der Waals surface area contributed by atoms with Crippen LogP contribution in [0.1, 0.15) is 5.56 Å². The van der Waals surface area contributed by atoms with Crippen LogP contribution in [0.2, 0.25) is 0 Å². The molecule has 0 saturated heterocycles. The molecule has 0 bridgehead atoms. The van der Waals surface area contributed by atoms with E-state index in [2.05, 4.69) is 5.32 Å². The molecular formula is C13H12F2N2. The molecule has 0 saturated carbocycles. The van der Waals surface area contributed by atoms with E-state index in [0.717, 1.165) is 17.8 Å². The van der Waals surface area contributed by atoms with Crippen molar-refractivity contribution < 1.29 is 8.78 Å². The van der Waals surface area contributed by atoms with Crippen molar-refractivity contribution in [3.8, 4) is 0 Å². The average molecular weight is 234 g/mol. The molecule has 88 valence electrons. The van der Waals surface area contributed by atoms with E-state index in [9.17, 15) is 8.78 Å². The second kappa shape index (κ2) is 4.82. The van der Waals surface area contributed by atoms with Crippen LogP contribution in [0.25, 0.3) is 0 Å². The molecule has 0 radical (unpaired) electrons. The van der Waals surface area contributed by atoms with Gasteiger partial charge in [0.25, 0.3) is 0 Å². The Morgan fingerprint density at radius 1 is 1.00 bits per heavy atom. The average Bonchev–Trinajstić information content (AvgIpc) is 2.32. The summed E-state index contributed by atoms with van der Waals surface area (Å²) in [4.78, 5) is 0. The number of nitrogens with one attached hydrogen (secondary N) is 1. The van der Waals surface area contributed by atoms with Crippen molar-refractivity contribution in [2.45, 2.75) is 6.54 Å². The first-order valence-corrected chi connectivity index (χ1v) is 5.18. The number of anilines is 2. The smallest absolute Gasteiger partial charge is 0.128 e. The zero-order chi connectivity index (χ0) is 12.3. The lowest BCUT2D eigenvalue weighted by molar-refractivity contribution is 0.587. The van der Waals surface area contributed by atoms with E-state index in [1.54, 1.807) is 24.3 Å². The van der Waals surface area contributed by atoms with Gasteiger partial charge in [0.05, 0.1) is 0 Å². The first-order chi connectivity index (χ1) is 8.15. The minimum atomic E-state index is -0.444. The fourth-order valence-corrected chi connectivity index (χ4v) is 1.48. The van der Waals surface area contributed by atoms with Gasteiger partial charge in [-0.1, -0.05) is 0 Å². The summed E-state index contributed by atoms with van der Waals surface area (Å²) in [6, 6.07) is 10.4. The number of hydrogen-bond donors (Lipinski definition) is 2.